The molecule has 1 aliphatic heterocycles. The summed E-state index contributed by atoms with van der Waals surface area (Å²) < 4.78 is 19.5. The van der Waals surface area contributed by atoms with Crippen molar-refractivity contribution < 1.29 is 18.7 Å². The van der Waals surface area contributed by atoms with Crippen LogP contribution in [0.15, 0.2) is 24.3 Å². The molecule has 2 amide bonds. The molecule has 0 saturated heterocycles. The normalized spacial score (nSPS) is 12.7. The minimum absolute atomic E-state index is 0.000409. The summed E-state index contributed by atoms with van der Waals surface area (Å²) in [6, 6.07) is 5.29. The Morgan fingerprint density at radius 1 is 1.31 bits per heavy atom. The fourth-order valence-corrected chi connectivity index (χ4v) is 3.62. The topological polar surface area (TPSA) is 85.2 Å². The number of rotatable bonds is 7. The lowest BCUT2D eigenvalue weighted by atomic mass is 10.2. The van der Waals surface area contributed by atoms with Crippen LogP contribution in [0.4, 0.5) is 10.2 Å². The Morgan fingerprint density at radius 3 is 2.81 bits per heavy atom. The van der Waals surface area contributed by atoms with Gasteiger partial charge >= 0.3 is 0 Å². The number of anilines is 1. The van der Waals surface area contributed by atoms with E-state index in [1.54, 1.807) is 18.9 Å². The Labute approximate surface area is 154 Å². The van der Waals surface area contributed by atoms with Gasteiger partial charge in [0.2, 0.25) is 5.91 Å². The van der Waals surface area contributed by atoms with E-state index in [1.165, 1.54) is 28.9 Å². The van der Waals surface area contributed by atoms with Crippen LogP contribution in [0.2, 0.25) is 0 Å². The van der Waals surface area contributed by atoms with E-state index in [4.69, 9.17) is 4.74 Å². The Morgan fingerprint density at radius 2 is 2.08 bits per heavy atom. The minimum Gasteiger partial charge on any atom is -0.383 e. The predicted octanol–water partition coefficient (Wildman–Crippen LogP) is 1.78. The van der Waals surface area contributed by atoms with Gasteiger partial charge in [-0.15, -0.1) is 0 Å². The fourth-order valence-electron chi connectivity index (χ4n) is 2.59. The molecule has 0 unspecified atom stereocenters. The van der Waals surface area contributed by atoms with Crippen molar-refractivity contribution in [1.82, 2.24) is 15.1 Å². The van der Waals surface area contributed by atoms with E-state index < -0.39 is 5.82 Å². The number of carbonyl (C=O) groups is 2. The second-order valence-corrected chi connectivity index (χ2v) is 6.71. The van der Waals surface area contributed by atoms with Crippen LogP contribution < -0.4 is 10.6 Å². The third kappa shape index (κ3) is 4.23. The van der Waals surface area contributed by atoms with Gasteiger partial charge < -0.3 is 15.4 Å². The molecule has 3 rings (SSSR count). The van der Waals surface area contributed by atoms with Gasteiger partial charge in [-0.1, -0.05) is 0 Å². The highest BCUT2D eigenvalue weighted by atomic mass is 32.2. The Kier molecular flexibility index (Phi) is 5.89. The molecule has 0 atom stereocenters. The molecule has 0 spiro atoms. The molecule has 0 bridgehead atoms. The van der Waals surface area contributed by atoms with Crippen LogP contribution in [0.1, 0.15) is 21.6 Å². The molecule has 7 nitrogen and oxygen atoms in total. The molecule has 0 saturated carbocycles. The van der Waals surface area contributed by atoms with E-state index in [0.29, 0.717) is 24.5 Å². The maximum absolute atomic E-state index is 13.0. The van der Waals surface area contributed by atoms with Gasteiger partial charge in [-0.2, -0.15) is 16.9 Å². The third-order valence-electron chi connectivity index (χ3n) is 3.88. The molecule has 2 N–H and O–H groups in total. The number of nitrogens with one attached hydrogen (secondary N) is 2. The van der Waals surface area contributed by atoms with Crippen molar-refractivity contribution in [2.75, 3.05) is 25.6 Å². The van der Waals surface area contributed by atoms with Crippen LogP contribution in [0.3, 0.4) is 0 Å². The van der Waals surface area contributed by atoms with Crippen molar-refractivity contribution in [3.05, 3.63) is 46.9 Å². The van der Waals surface area contributed by atoms with Crippen LogP contribution in [0, 0.1) is 5.82 Å². The lowest BCUT2D eigenvalue weighted by Crippen LogP contribution is -2.31. The van der Waals surface area contributed by atoms with Gasteiger partial charge in [-0.05, 0) is 24.3 Å². The molecule has 9 heteroatoms. The summed E-state index contributed by atoms with van der Waals surface area (Å²) in [5, 5.41) is 10.0. The zero-order valence-corrected chi connectivity index (χ0v) is 15.1. The van der Waals surface area contributed by atoms with Gasteiger partial charge in [0.15, 0.2) is 0 Å². The number of nitrogens with zero attached hydrogens (tertiary/aromatic N) is 2. The first-order valence-corrected chi connectivity index (χ1v) is 9.23. The molecule has 0 radical (unpaired) electrons. The summed E-state index contributed by atoms with van der Waals surface area (Å²) in [5.74, 6) is 0.990. The van der Waals surface area contributed by atoms with Gasteiger partial charge in [-0.3, -0.25) is 9.59 Å². The number of hydrogen-bond acceptors (Lipinski definition) is 5. The number of benzene rings is 1. The standard InChI is InChI=1S/C17H19FN4O3S/c1-25-7-6-19-15(23)8-22-16(13-9-26-10-14(13)21-22)20-17(24)11-2-4-12(18)5-3-11/h2-5H,6-10H2,1H3,(H,19,23)(H,20,24). The number of amides is 2. The van der Waals surface area contributed by atoms with E-state index in [2.05, 4.69) is 15.7 Å². The van der Waals surface area contributed by atoms with Gasteiger partial charge in [0.1, 0.15) is 18.2 Å². The molecule has 0 aliphatic carbocycles. The highest BCUT2D eigenvalue weighted by molar-refractivity contribution is 7.98. The first kappa shape index (κ1) is 18.4. The van der Waals surface area contributed by atoms with Crippen LogP contribution in [-0.2, 0) is 27.6 Å². The van der Waals surface area contributed by atoms with Crippen molar-refractivity contribution in [1.29, 1.82) is 0 Å². The molecule has 138 valence electrons. The number of methoxy groups -OCH3 is 1. The molecule has 26 heavy (non-hydrogen) atoms. The lowest BCUT2D eigenvalue weighted by Gasteiger charge is -2.11. The average molecular weight is 378 g/mol. The van der Waals surface area contributed by atoms with Crippen LogP contribution in [-0.4, -0.2) is 41.9 Å². The van der Waals surface area contributed by atoms with Crippen molar-refractivity contribution >= 4 is 29.4 Å². The van der Waals surface area contributed by atoms with E-state index >= 15 is 0 Å². The molecule has 1 aromatic heterocycles. The molecule has 1 aliphatic rings. The third-order valence-corrected chi connectivity index (χ3v) is 4.85. The van der Waals surface area contributed by atoms with Crippen LogP contribution in [0.25, 0.3) is 0 Å². The van der Waals surface area contributed by atoms with E-state index in [9.17, 15) is 14.0 Å². The number of ether oxygens (including phenoxy) is 1. The summed E-state index contributed by atoms with van der Waals surface area (Å²) in [4.78, 5) is 24.5. The molecule has 2 heterocycles. The van der Waals surface area contributed by atoms with Gasteiger partial charge in [0, 0.05) is 36.3 Å². The van der Waals surface area contributed by atoms with E-state index in [0.717, 1.165) is 22.8 Å². The maximum atomic E-state index is 13.0. The predicted molar refractivity (Wildman–Crippen MR) is 96.5 cm³/mol. The van der Waals surface area contributed by atoms with Crippen molar-refractivity contribution in [2.24, 2.45) is 0 Å². The smallest absolute Gasteiger partial charge is 0.256 e. The molecular formula is C17H19FN4O3S. The summed E-state index contributed by atoms with van der Waals surface area (Å²) in [5.41, 5.74) is 2.13. The Bertz CT molecular complexity index is 807. The first-order valence-electron chi connectivity index (χ1n) is 8.07. The Balaban J connectivity index is 1.76. The number of halogens is 1. The SMILES string of the molecule is COCCNC(=O)Cn1nc2c(c1NC(=O)c1ccc(F)cc1)CSC2. The molecular weight excluding hydrogens is 359 g/mol. The van der Waals surface area contributed by atoms with Crippen LogP contribution >= 0.6 is 11.8 Å². The second kappa shape index (κ2) is 8.33. The zero-order valence-electron chi connectivity index (χ0n) is 14.3. The summed E-state index contributed by atoms with van der Waals surface area (Å²) >= 11 is 1.70. The molecule has 1 aromatic carbocycles. The largest absolute Gasteiger partial charge is 0.383 e. The second-order valence-electron chi connectivity index (χ2n) is 5.73. The quantitative estimate of drug-likeness (QED) is 0.718. The van der Waals surface area contributed by atoms with Crippen molar-refractivity contribution in [3.63, 3.8) is 0 Å². The Hall–Kier alpha value is -2.39. The number of fused-ring (bicyclic) bond motifs is 1. The van der Waals surface area contributed by atoms with Crippen molar-refractivity contribution in [3.8, 4) is 0 Å². The summed E-state index contributed by atoms with van der Waals surface area (Å²) in [6.45, 7) is 0.829. The summed E-state index contributed by atoms with van der Waals surface area (Å²) in [7, 11) is 1.56. The number of hydrogen-bond donors (Lipinski definition) is 2. The highest BCUT2D eigenvalue weighted by Gasteiger charge is 2.25. The fraction of sp³-hybridized carbons (Fsp3) is 0.353. The molecule has 0 fully saturated rings. The highest BCUT2D eigenvalue weighted by Crippen LogP contribution is 2.34. The van der Waals surface area contributed by atoms with Gasteiger partial charge in [-0.25, -0.2) is 9.07 Å². The minimum atomic E-state index is -0.406. The van der Waals surface area contributed by atoms with Crippen LogP contribution in [0.5, 0.6) is 0 Å². The molecule has 2 aromatic rings. The maximum Gasteiger partial charge on any atom is 0.256 e. The lowest BCUT2D eigenvalue weighted by molar-refractivity contribution is -0.122. The number of carbonyl (C=O) groups excluding carboxylic acids is 2. The number of thioether (sulfide) groups is 1. The summed E-state index contributed by atoms with van der Waals surface area (Å²) in [6.07, 6.45) is 0. The zero-order chi connectivity index (χ0) is 18.5. The average Bonchev–Trinajstić information content (AvgIpc) is 3.18. The van der Waals surface area contributed by atoms with Gasteiger partial charge in [0.05, 0.1) is 12.3 Å². The van der Waals surface area contributed by atoms with E-state index in [-0.39, 0.29) is 18.4 Å². The van der Waals surface area contributed by atoms with E-state index in [1.807, 2.05) is 0 Å². The van der Waals surface area contributed by atoms with Crippen molar-refractivity contribution in [2.45, 2.75) is 18.1 Å². The number of aromatic nitrogens is 2. The first-order chi connectivity index (χ1) is 12.6. The van der Waals surface area contributed by atoms with Gasteiger partial charge in [0.25, 0.3) is 5.91 Å². The monoisotopic (exact) mass is 378 g/mol.